The first-order valence-electron chi connectivity index (χ1n) is 5.55. The molecule has 0 saturated heterocycles. The monoisotopic (exact) mass is 257 g/mol. The number of methoxy groups -OCH3 is 1. The molecular formula is C12H19NO3S. The Labute approximate surface area is 106 Å². The Bertz CT molecular complexity index is 364. The van der Waals surface area contributed by atoms with Gasteiger partial charge < -0.3 is 9.84 Å². The van der Waals surface area contributed by atoms with E-state index >= 15 is 0 Å². The highest BCUT2D eigenvalue weighted by Crippen LogP contribution is 2.27. The number of hydrogen-bond donors (Lipinski definition) is 1. The number of carboxylic acid groups (broad SMARTS) is 1. The van der Waals surface area contributed by atoms with E-state index in [9.17, 15) is 4.79 Å². The first-order chi connectivity index (χ1) is 8.06. The highest BCUT2D eigenvalue weighted by Gasteiger charge is 2.20. The van der Waals surface area contributed by atoms with Crippen molar-refractivity contribution in [2.24, 2.45) is 0 Å². The van der Waals surface area contributed by atoms with Gasteiger partial charge in [0.15, 0.2) is 0 Å². The summed E-state index contributed by atoms with van der Waals surface area (Å²) in [5.74, 6) is -0.804. The zero-order valence-electron chi connectivity index (χ0n) is 10.5. The van der Waals surface area contributed by atoms with Crippen LogP contribution < -0.4 is 0 Å². The van der Waals surface area contributed by atoms with Crippen LogP contribution in [0.25, 0.3) is 0 Å². The first-order valence-corrected chi connectivity index (χ1v) is 6.43. The molecule has 96 valence electrons. The zero-order chi connectivity index (χ0) is 12.8. The summed E-state index contributed by atoms with van der Waals surface area (Å²) < 4.78 is 5.02. The van der Waals surface area contributed by atoms with Crippen molar-refractivity contribution in [3.05, 3.63) is 21.9 Å². The van der Waals surface area contributed by atoms with E-state index in [-0.39, 0.29) is 12.6 Å². The molecule has 0 aromatic carbocycles. The van der Waals surface area contributed by atoms with Crippen molar-refractivity contribution in [3.8, 4) is 0 Å². The van der Waals surface area contributed by atoms with Gasteiger partial charge in [-0.05, 0) is 30.9 Å². The Balaban J connectivity index is 2.74. The second kappa shape index (κ2) is 6.74. The third-order valence-corrected chi connectivity index (χ3v) is 3.94. The Kier molecular flexibility index (Phi) is 5.61. The fraction of sp³-hybridized carbons (Fsp3) is 0.583. The van der Waals surface area contributed by atoms with Crippen LogP contribution in [0.15, 0.2) is 11.4 Å². The van der Waals surface area contributed by atoms with Crippen LogP contribution in [0, 0.1) is 6.92 Å². The predicted octanol–water partition coefficient (Wildman–Crippen LogP) is 2.15. The molecule has 1 atom stereocenters. The third-order valence-electron chi connectivity index (χ3n) is 2.75. The predicted molar refractivity (Wildman–Crippen MR) is 68.6 cm³/mol. The highest BCUT2D eigenvalue weighted by molar-refractivity contribution is 7.10. The van der Waals surface area contributed by atoms with Crippen LogP contribution in [0.2, 0.25) is 0 Å². The van der Waals surface area contributed by atoms with Crippen molar-refractivity contribution < 1.29 is 14.6 Å². The van der Waals surface area contributed by atoms with Gasteiger partial charge in [-0.25, -0.2) is 0 Å². The van der Waals surface area contributed by atoms with Gasteiger partial charge in [0.2, 0.25) is 0 Å². The fourth-order valence-electron chi connectivity index (χ4n) is 1.77. The Morgan fingerprint density at radius 2 is 2.35 bits per heavy atom. The second-order valence-electron chi connectivity index (χ2n) is 4.00. The molecule has 1 N–H and O–H groups in total. The number of carbonyl (C=O) groups is 1. The van der Waals surface area contributed by atoms with E-state index in [1.54, 1.807) is 18.4 Å². The fourth-order valence-corrected chi connectivity index (χ4v) is 2.79. The topological polar surface area (TPSA) is 49.8 Å². The lowest BCUT2D eigenvalue weighted by atomic mass is 10.1. The molecule has 1 heterocycles. The molecule has 0 radical (unpaired) electrons. The molecule has 17 heavy (non-hydrogen) atoms. The molecule has 1 unspecified atom stereocenters. The summed E-state index contributed by atoms with van der Waals surface area (Å²) in [4.78, 5) is 14.0. The van der Waals surface area contributed by atoms with Gasteiger partial charge in [-0.15, -0.1) is 11.3 Å². The van der Waals surface area contributed by atoms with E-state index in [1.165, 1.54) is 10.4 Å². The zero-order valence-corrected chi connectivity index (χ0v) is 11.3. The van der Waals surface area contributed by atoms with E-state index in [0.29, 0.717) is 13.2 Å². The van der Waals surface area contributed by atoms with Crippen molar-refractivity contribution in [1.29, 1.82) is 0 Å². The third kappa shape index (κ3) is 4.11. The molecule has 5 heteroatoms. The maximum absolute atomic E-state index is 10.9. The van der Waals surface area contributed by atoms with E-state index < -0.39 is 5.97 Å². The van der Waals surface area contributed by atoms with Gasteiger partial charge >= 0.3 is 5.97 Å². The standard InChI is InChI=1S/C12H19NO3S/c1-9-4-7-17-12(9)10(2)13(5-6-16-3)8-11(14)15/h4,7,10H,5-6,8H2,1-3H3,(H,14,15). The van der Waals surface area contributed by atoms with Crippen LogP contribution in [0.4, 0.5) is 0 Å². The van der Waals surface area contributed by atoms with Crippen LogP contribution in [0.5, 0.6) is 0 Å². The molecule has 0 bridgehead atoms. The van der Waals surface area contributed by atoms with Crippen molar-refractivity contribution in [3.63, 3.8) is 0 Å². The van der Waals surface area contributed by atoms with E-state index in [1.807, 2.05) is 17.2 Å². The summed E-state index contributed by atoms with van der Waals surface area (Å²) >= 11 is 1.67. The Morgan fingerprint density at radius 3 is 2.82 bits per heavy atom. The van der Waals surface area contributed by atoms with Crippen LogP contribution in [0.1, 0.15) is 23.4 Å². The van der Waals surface area contributed by atoms with Crippen molar-refractivity contribution >= 4 is 17.3 Å². The van der Waals surface area contributed by atoms with Gasteiger partial charge in [-0.3, -0.25) is 9.69 Å². The molecule has 1 rings (SSSR count). The van der Waals surface area contributed by atoms with Gasteiger partial charge in [0, 0.05) is 24.6 Å². The van der Waals surface area contributed by atoms with Gasteiger partial charge in [-0.1, -0.05) is 0 Å². The van der Waals surface area contributed by atoms with Gasteiger partial charge in [0.05, 0.1) is 13.2 Å². The number of carboxylic acids is 1. The molecule has 0 aliphatic heterocycles. The normalized spacial score (nSPS) is 12.9. The lowest BCUT2D eigenvalue weighted by molar-refractivity contribution is -0.139. The van der Waals surface area contributed by atoms with Crippen molar-refractivity contribution in [1.82, 2.24) is 4.90 Å². The van der Waals surface area contributed by atoms with Crippen molar-refractivity contribution in [2.75, 3.05) is 26.8 Å². The molecule has 0 fully saturated rings. The molecule has 0 amide bonds. The number of nitrogens with zero attached hydrogens (tertiary/aromatic N) is 1. The van der Waals surface area contributed by atoms with E-state index in [4.69, 9.17) is 9.84 Å². The average molecular weight is 257 g/mol. The van der Waals surface area contributed by atoms with Gasteiger partial charge in [0.25, 0.3) is 0 Å². The van der Waals surface area contributed by atoms with E-state index in [2.05, 4.69) is 13.0 Å². The quantitative estimate of drug-likeness (QED) is 0.813. The summed E-state index contributed by atoms with van der Waals surface area (Å²) in [5.41, 5.74) is 1.22. The minimum absolute atomic E-state index is 0.0435. The minimum Gasteiger partial charge on any atom is -0.480 e. The molecular weight excluding hydrogens is 238 g/mol. The molecule has 0 aliphatic carbocycles. The number of aryl methyl sites for hydroxylation is 1. The summed E-state index contributed by atoms with van der Waals surface area (Å²) in [7, 11) is 1.63. The van der Waals surface area contributed by atoms with Crippen LogP contribution in [-0.2, 0) is 9.53 Å². The maximum atomic E-state index is 10.9. The minimum atomic E-state index is -0.804. The van der Waals surface area contributed by atoms with Gasteiger partial charge in [0.1, 0.15) is 0 Å². The smallest absolute Gasteiger partial charge is 0.317 e. The molecule has 0 spiro atoms. The number of ether oxygens (including phenoxy) is 1. The second-order valence-corrected chi connectivity index (χ2v) is 4.95. The van der Waals surface area contributed by atoms with E-state index in [0.717, 1.165) is 0 Å². The molecule has 0 saturated carbocycles. The Hall–Kier alpha value is -0.910. The molecule has 0 aliphatic rings. The van der Waals surface area contributed by atoms with Crippen LogP contribution in [-0.4, -0.2) is 42.8 Å². The number of thiophene rings is 1. The lowest BCUT2D eigenvalue weighted by Crippen LogP contribution is -2.34. The SMILES string of the molecule is COCCN(CC(=O)O)C(C)c1sccc1C. The number of hydrogen-bond acceptors (Lipinski definition) is 4. The number of rotatable bonds is 7. The summed E-state index contributed by atoms with van der Waals surface area (Å²) in [5, 5.41) is 11.0. The summed E-state index contributed by atoms with van der Waals surface area (Å²) in [6, 6.07) is 2.17. The molecule has 4 nitrogen and oxygen atoms in total. The largest absolute Gasteiger partial charge is 0.480 e. The molecule has 1 aromatic heterocycles. The van der Waals surface area contributed by atoms with Crippen molar-refractivity contribution in [2.45, 2.75) is 19.9 Å². The summed E-state index contributed by atoms with van der Waals surface area (Å²) in [6.07, 6.45) is 0. The highest BCUT2D eigenvalue weighted by atomic mass is 32.1. The first kappa shape index (κ1) is 14.2. The Morgan fingerprint density at radius 1 is 1.65 bits per heavy atom. The average Bonchev–Trinajstić information content (AvgIpc) is 2.69. The van der Waals surface area contributed by atoms with Crippen LogP contribution >= 0.6 is 11.3 Å². The maximum Gasteiger partial charge on any atom is 0.317 e. The lowest BCUT2D eigenvalue weighted by Gasteiger charge is -2.27. The summed E-state index contributed by atoms with van der Waals surface area (Å²) in [6.45, 7) is 5.31. The van der Waals surface area contributed by atoms with Crippen LogP contribution in [0.3, 0.4) is 0 Å². The van der Waals surface area contributed by atoms with Gasteiger partial charge in [-0.2, -0.15) is 0 Å². The number of aliphatic carboxylic acids is 1. The molecule has 1 aromatic rings.